The van der Waals surface area contributed by atoms with Gasteiger partial charge in [0.05, 0.1) is 12.6 Å². The third-order valence-electron chi connectivity index (χ3n) is 3.77. The van der Waals surface area contributed by atoms with E-state index in [1.165, 1.54) is 0 Å². The monoisotopic (exact) mass is 249 g/mol. The van der Waals surface area contributed by atoms with Crippen molar-refractivity contribution in [3.05, 3.63) is 11.9 Å². The summed E-state index contributed by atoms with van der Waals surface area (Å²) in [6.07, 6.45) is 5.16. The highest BCUT2D eigenvalue weighted by Gasteiger charge is 2.42. The van der Waals surface area contributed by atoms with Crippen LogP contribution in [0.4, 0.5) is 0 Å². The number of piperidine rings is 1. The lowest BCUT2D eigenvalue weighted by Gasteiger charge is -2.39. The number of rotatable bonds is 2. The highest BCUT2D eigenvalue weighted by molar-refractivity contribution is 5.98. The first-order chi connectivity index (χ1) is 8.72. The Hall–Kier alpha value is -1.36. The zero-order chi connectivity index (χ0) is 12.6. The van der Waals surface area contributed by atoms with Gasteiger partial charge in [-0.3, -0.25) is 9.48 Å². The second-order valence-electron chi connectivity index (χ2n) is 5.24. The van der Waals surface area contributed by atoms with Gasteiger partial charge in [-0.05, 0) is 19.5 Å². The molecule has 2 aliphatic heterocycles. The van der Waals surface area contributed by atoms with Crippen molar-refractivity contribution < 1.29 is 9.53 Å². The van der Waals surface area contributed by atoms with E-state index in [4.69, 9.17) is 4.74 Å². The molecule has 18 heavy (non-hydrogen) atoms. The van der Waals surface area contributed by atoms with Gasteiger partial charge in [0.25, 0.3) is 0 Å². The summed E-state index contributed by atoms with van der Waals surface area (Å²) in [6.45, 7) is 4.77. The molecule has 5 heteroatoms. The number of hydrogen-bond acceptors (Lipinski definition) is 4. The second-order valence-corrected chi connectivity index (χ2v) is 5.24. The molecule has 0 radical (unpaired) electrons. The molecule has 0 saturated carbocycles. The fourth-order valence-corrected chi connectivity index (χ4v) is 2.82. The average Bonchev–Trinajstić information content (AvgIpc) is 2.73. The van der Waals surface area contributed by atoms with Crippen LogP contribution in [-0.2, 0) is 6.54 Å². The number of Topliss-reactive ketones (excluding diaryl/α,β-unsaturated/α-hetero) is 1. The molecule has 0 atom stereocenters. The van der Waals surface area contributed by atoms with Crippen molar-refractivity contribution in [3.8, 4) is 5.75 Å². The summed E-state index contributed by atoms with van der Waals surface area (Å²) in [6, 6.07) is 0. The largest absolute Gasteiger partial charge is 0.483 e. The van der Waals surface area contributed by atoms with Gasteiger partial charge in [0.1, 0.15) is 5.60 Å². The Bertz CT molecular complexity index is 461. The number of carbonyl (C=O) groups excluding carboxylic acids is 1. The summed E-state index contributed by atoms with van der Waals surface area (Å²) < 4.78 is 7.94. The summed E-state index contributed by atoms with van der Waals surface area (Å²) in [7, 11) is 0. The molecule has 98 valence electrons. The first kappa shape index (κ1) is 11.7. The third-order valence-corrected chi connectivity index (χ3v) is 3.77. The lowest BCUT2D eigenvalue weighted by Crippen LogP contribution is -2.49. The maximum atomic E-state index is 12.2. The average molecular weight is 249 g/mol. The molecule has 0 aromatic carbocycles. The fraction of sp³-hybridized carbons (Fsp3) is 0.692. The van der Waals surface area contributed by atoms with Crippen LogP contribution in [0.3, 0.4) is 0 Å². The molecule has 0 aliphatic carbocycles. The minimum atomic E-state index is -0.282. The molecule has 0 unspecified atom stereocenters. The first-order valence-corrected chi connectivity index (χ1v) is 6.73. The molecule has 3 heterocycles. The number of hydrogen-bond donors (Lipinski definition) is 1. The van der Waals surface area contributed by atoms with Crippen molar-refractivity contribution in [1.29, 1.82) is 0 Å². The molecule has 0 amide bonds. The van der Waals surface area contributed by atoms with Gasteiger partial charge in [-0.1, -0.05) is 6.92 Å². The van der Waals surface area contributed by atoms with Gasteiger partial charge in [-0.15, -0.1) is 0 Å². The molecule has 0 bridgehead atoms. The predicted molar refractivity (Wildman–Crippen MR) is 66.9 cm³/mol. The minimum absolute atomic E-state index is 0.132. The zero-order valence-corrected chi connectivity index (χ0v) is 10.7. The van der Waals surface area contributed by atoms with E-state index in [1.54, 1.807) is 0 Å². The summed E-state index contributed by atoms with van der Waals surface area (Å²) in [4.78, 5) is 12.2. The Morgan fingerprint density at radius 3 is 3.00 bits per heavy atom. The zero-order valence-electron chi connectivity index (χ0n) is 10.7. The molecule has 2 aliphatic rings. The van der Waals surface area contributed by atoms with Crippen LogP contribution in [0.5, 0.6) is 5.75 Å². The molecule has 5 nitrogen and oxygen atoms in total. The van der Waals surface area contributed by atoms with Crippen LogP contribution in [0.25, 0.3) is 0 Å². The number of carbonyl (C=O) groups is 1. The summed E-state index contributed by atoms with van der Waals surface area (Å²) in [5.74, 6) is 0.814. The molecule has 1 fully saturated rings. The van der Waals surface area contributed by atoms with Gasteiger partial charge in [-0.25, -0.2) is 0 Å². The van der Waals surface area contributed by atoms with E-state index in [1.807, 2.05) is 10.9 Å². The molecule has 3 rings (SSSR count). The van der Waals surface area contributed by atoms with Gasteiger partial charge >= 0.3 is 0 Å². The lowest BCUT2D eigenvalue weighted by molar-refractivity contribution is 0.0185. The van der Waals surface area contributed by atoms with E-state index in [0.29, 0.717) is 17.9 Å². The Morgan fingerprint density at radius 2 is 2.28 bits per heavy atom. The van der Waals surface area contributed by atoms with E-state index in [0.717, 1.165) is 38.9 Å². The molecule has 1 N–H and O–H groups in total. The topological polar surface area (TPSA) is 56.2 Å². The maximum absolute atomic E-state index is 12.2. The molecule has 1 aromatic heterocycles. The van der Waals surface area contributed by atoms with Crippen LogP contribution in [0.2, 0.25) is 0 Å². The van der Waals surface area contributed by atoms with Crippen molar-refractivity contribution >= 4 is 5.78 Å². The van der Waals surface area contributed by atoms with Crippen LogP contribution < -0.4 is 10.1 Å². The number of aryl methyl sites for hydroxylation is 1. The van der Waals surface area contributed by atoms with Gasteiger partial charge in [0.2, 0.25) is 0 Å². The Morgan fingerprint density at radius 1 is 1.50 bits per heavy atom. The summed E-state index contributed by atoms with van der Waals surface area (Å²) in [5, 5.41) is 7.63. The van der Waals surface area contributed by atoms with Gasteiger partial charge in [0, 0.05) is 19.4 Å². The molecule has 1 saturated heterocycles. The van der Waals surface area contributed by atoms with Crippen LogP contribution in [0, 0.1) is 0 Å². The number of ketones is 1. The highest BCUT2D eigenvalue weighted by atomic mass is 16.5. The lowest BCUT2D eigenvalue weighted by atomic mass is 9.84. The van der Waals surface area contributed by atoms with E-state index in [9.17, 15) is 4.79 Å². The van der Waals surface area contributed by atoms with Gasteiger partial charge < -0.3 is 10.1 Å². The highest BCUT2D eigenvalue weighted by Crippen LogP contribution is 2.37. The standard InChI is InChI=1S/C13H19N3O2/c1-2-7-16-9-11-12(15-16)10(17)8-13(18-11)3-5-14-6-4-13/h9,14H,2-8H2,1H3. The Kier molecular flexibility index (Phi) is 2.86. The Labute approximate surface area is 107 Å². The van der Waals surface area contributed by atoms with Crippen molar-refractivity contribution in [1.82, 2.24) is 15.1 Å². The molecule has 1 spiro atoms. The quantitative estimate of drug-likeness (QED) is 0.860. The number of ether oxygens (including phenoxy) is 1. The van der Waals surface area contributed by atoms with Crippen molar-refractivity contribution in [3.63, 3.8) is 0 Å². The van der Waals surface area contributed by atoms with Crippen LogP contribution >= 0.6 is 0 Å². The van der Waals surface area contributed by atoms with E-state index < -0.39 is 0 Å². The first-order valence-electron chi connectivity index (χ1n) is 6.73. The molecular weight excluding hydrogens is 230 g/mol. The van der Waals surface area contributed by atoms with Crippen molar-refractivity contribution in [2.24, 2.45) is 0 Å². The van der Waals surface area contributed by atoms with E-state index in [2.05, 4.69) is 17.3 Å². The normalized spacial score (nSPS) is 21.7. The van der Waals surface area contributed by atoms with Crippen LogP contribution in [0.1, 0.15) is 43.1 Å². The number of aromatic nitrogens is 2. The maximum Gasteiger partial charge on any atom is 0.190 e. The Balaban J connectivity index is 1.88. The second kappa shape index (κ2) is 4.39. The van der Waals surface area contributed by atoms with Crippen molar-refractivity contribution in [2.45, 2.75) is 44.8 Å². The number of fused-ring (bicyclic) bond motifs is 1. The SMILES string of the molecule is CCCn1cc2c(n1)C(=O)CC1(CCNCC1)O2. The predicted octanol–water partition coefficient (Wildman–Crippen LogP) is 1.38. The smallest absolute Gasteiger partial charge is 0.190 e. The number of nitrogens with one attached hydrogen (secondary N) is 1. The third kappa shape index (κ3) is 1.92. The minimum Gasteiger partial charge on any atom is -0.483 e. The van der Waals surface area contributed by atoms with Crippen molar-refractivity contribution in [2.75, 3.05) is 13.1 Å². The van der Waals surface area contributed by atoms with Crippen LogP contribution in [-0.4, -0.2) is 34.3 Å². The van der Waals surface area contributed by atoms with Crippen LogP contribution in [0.15, 0.2) is 6.20 Å². The fourth-order valence-electron chi connectivity index (χ4n) is 2.82. The molecule has 1 aromatic rings. The summed E-state index contributed by atoms with van der Waals surface area (Å²) in [5.41, 5.74) is 0.239. The molecular formula is C13H19N3O2. The number of nitrogens with zero attached hydrogens (tertiary/aromatic N) is 2. The van der Waals surface area contributed by atoms with Gasteiger partial charge in [-0.2, -0.15) is 5.10 Å². The van der Waals surface area contributed by atoms with Gasteiger partial charge in [0.15, 0.2) is 17.2 Å². The van der Waals surface area contributed by atoms with E-state index >= 15 is 0 Å². The van der Waals surface area contributed by atoms with E-state index in [-0.39, 0.29) is 11.4 Å². The summed E-state index contributed by atoms with van der Waals surface area (Å²) >= 11 is 0.